The van der Waals surface area contributed by atoms with Gasteiger partial charge in [0.15, 0.2) is 0 Å². The molecule has 0 unspecified atom stereocenters. The van der Waals surface area contributed by atoms with Crippen molar-refractivity contribution in [2.75, 3.05) is 0 Å². The van der Waals surface area contributed by atoms with Crippen molar-refractivity contribution in [3.63, 3.8) is 0 Å². The van der Waals surface area contributed by atoms with E-state index in [4.69, 9.17) is 0 Å². The molecule has 1 aromatic carbocycles. The summed E-state index contributed by atoms with van der Waals surface area (Å²) in [4.78, 5) is 0. The zero-order chi connectivity index (χ0) is 12.5. The molecule has 3 rings (SSSR count). The summed E-state index contributed by atoms with van der Waals surface area (Å²) in [7, 11) is 0. The van der Waals surface area contributed by atoms with Crippen LogP contribution in [0.1, 0.15) is 37.3 Å². The second-order valence-corrected chi connectivity index (χ2v) is 5.47. The molecule has 0 saturated heterocycles. The Morgan fingerprint density at radius 2 is 2.17 bits per heavy atom. The summed E-state index contributed by atoms with van der Waals surface area (Å²) < 4.78 is 2.36. The van der Waals surface area contributed by atoms with E-state index in [1.165, 1.54) is 41.3 Å². The van der Waals surface area contributed by atoms with E-state index < -0.39 is 0 Å². The SMILES string of the molecule is CCn1cc(CNC2CCC2)c2ccc(C)cc21. The summed E-state index contributed by atoms with van der Waals surface area (Å²) in [6.07, 6.45) is 6.42. The van der Waals surface area contributed by atoms with E-state index in [9.17, 15) is 0 Å². The Morgan fingerprint density at radius 1 is 1.33 bits per heavy atom. The number of aromatic nitrogens is 1. The van der Waals surface area contributed by atoms with Gasteiger partial charge >= 0.3 is 0 Å². The predicted molar refractivity (Wildman–Crippen MR) is 76.8 cm³/mol. The Bertz CT molecular complexity index is 549. The van der Waals surface area contributed by atoms with Gasteiger partial charge in [0, 0.05) is 36.2 Å². The molecule has 1 aliphatic carbocycles. The largest absolute Gasteiger partial charge is 0.347 e. The average Bonchev–Trinajstić information content (AvgIpc) is 2.65. The molecule has 2 aromatic rings. The van der Waals surface area contributed by atoms with Crippen molar-refractivity contribution in [2.24, 2.45) is 0 Å². The van der Waals surface area contributed by atoms with E-state index >= 15 is 0 Å². The normalized spacial score (nSPS) is 16.1. The van der Waals surface area contributed by atoms with Gasteiger partial charge in [0.2, 0.25) is 0 Å². The number of hydrogen-bond donors (Lipinski definition) is 1. The smallest absolute Gasteiger partial charge is 0.0486 e. The molecule has 0 bridgehead atoms. The van der Waals surface area contributed by atoms with Crippen LogP contribution in [0.4, 0.5) is 0 Å². The molecule has 1 N–H and O–H groups in total. The van der Waals surface area contributed by atoms with Crippen LogP contribution in [-0.2, 0) is 13.1 Å². The van der Waals surface area contributed by atoms with Gasteiger partial charge < -0.3 is 9.88 Å². The fourth-order valence-corrected chi connectivity index (χ4v) is 2.75. The van der Waals surface area contributed by atoms with Gasteiger partial charge in [0.05, 0.1) is 0 Å². The molecular weight excluding hydrogens is 220 g/mol. The summed E-state index contributed by atoms with van der Waals surface area (Å²) in [5.41, 5.74) is 4.16. The number of rotatable bonds is 4. The highest BCUT2D eigenvalue weighted by Crippen LogP contribution is 2.24. The number of fused-ring (bicyclic) bond motifs is 1. The Kier molecular flexibility index (Phi) is 3.13. The number of aryl methyl sites for hydroxylation is 2. The fraction of sp³-hybridized carbons (Fsp3) is 0.500. The second kappa shape index (κ2) is 4.77. The quantitative estimate of drug-likeness (QED) is 0.866. The minimum atomic E-state index is 0.760. The summed E-state index contributed by atoms with van der Waals surface area (Å²) in [6.45, 7) is 6.43. The lowest BCUT2D eigenvalue weighted by molar-refractivity contribution is 0.338. The van der Waals surface area contributed by atoms with Crippen molar-refractivity contribution in [1.29, 1.82) is 0 Å². The number of nitrogens with one attached hydrogen (secondary N) is 1. The maximum absolute atomic E-state index is 3.67. The molecule has 1 heterocycles. The van der Waals surface area contributed by atoms with E-state index in [1.54, 1.807) is 0 Å². The first kappa shape index (κ1) is 11.8. The molecule has 0 aliphatic heterocycles. The molecule has 0 spiro atoms. The van der Waals surface area contributed by atoms with E-state index in [-0.39, 0.29) is 0 Å². The van der Waals surface area contributed by atoms with Gasteiger partial charge in [-0.05, 0) is 43.9 Å². The summed E-state index contributed by atoms with van der Waals surface area (Å²) in [5.74, 6) is 0. The second-order valence-electron chi connectivity index (χ2n) is 5.47. The minimum Gasteiger partial charge on any atom is -0.347 e. The topological polar surface area (TPSA) is 17.0 Å². The van der Waals surface area contributed by atoms with Gasteiger partial charge in [-0.3, -0.25) is 0 Å². The van der Waals surface area contributed by atoms with Gasteiger partial charge in [-0.2, -0.15) is 0 Å². The maximum Gasteiger partial charge on any atom is 0.0486 e. The number of hydrogen-bond acceptors (Lipinski definition) is 1. The summed E-state index contributed by atoms with van der Waals surface area (Å²) in [5, 5.41) is 5.08. The molecular formula is C16H22N2. The molecule has 1 fully saturated rings. The lowest BCUT2D eigenvalue weighted by Crippen LogP contribution is -2.34. The van der Waals surface area contributed by atoms with Crippen LogP contribution in [0.3, 0.4) is 0 Å². The first-order valence-electron chi connectivity index (χ1n) is 7.09. The first-order valence-corrected chi connectivity index (χ1v) is 7.09. The average molecular weight is 242 g/mol. The molecule has 1 aliphatic rings. The Hall–Kier alpha value is -1.28. The minimum absolute atomic E-state index is 0.760. The molecule has 2 nitrogen and oxygen atoms in total. The van der Waals surface area contributed by atoms with E-state index in [1.807, 2.05) is 0 Å². The van der Waals surface area contributed by atoms with Gasteiger partial charge in [0.25, 0.3) is 0 Å². The van der Waals surface area contributed by atoms with Crippen molar-refractivity contribution >= 4 is 10.9 Å². The highest BCUT2D eigenvalue weighted by atomic mass is 15.0. The maximum atomic E-state index is 3.67. The predicted octanol–water partition coefficient (Wildman–Crippen LogP) is 3.61. The molecule has 0 amide bonds. The van der Waals surface area contributed by atoms with Crippen molar-refractivity contribution in [3.8, 4) is 0 Å². The Labute approximate surface area is 109 Å². The molecule has 0 atom stereocenters. The first-order chi connectivity index (χ1) is 8.78. The zero-order valence-corrected chi connectivity index (χ0v) is 11.4. The van der Waals surface area contributed by atoms with Crippen LogP contribution in [0.15, 0.2) is 24.4 Å². The van der Waals surface area contributed by atoms with E-state index in [2.05, 4.69) is 48.1 Å². The van der Waals surface area contributed by atoms with Gasteiger partial charge in [-0.25, -0.2) is 0 Å². The van der Waals surface area contributed by atoms with Crippen LogP contribution in [0.5, 0.6) is 0 Å². The monoisotopic (exact) mass is 242 g/mol. The van der Waals surface area contributed by atoms with Crippen LogP contribution < -0.4 is 5.32 Å². The van der Waals surface area contributed by atoms with Gasteiger partial charge in [-0.15, -0.1) is 0 Å². The molecule has 18 heavy (non-hydrogen) atoms. The Morgan fingerprint density at radius 3 is 2.83 bits per heavy atom. The molecule has 2 heteroatoms. The molecule has 0 radical (unpaired) electrons. The highest BCUT2D eigenvalue weighted by Gasteiger charge is 2.17. The molecule has 96 valence electrons. The summed E-state index contributed by atoms with van der Waals surface area (Å²) >= 11 is 0. The lowest BCUT2D eigenvalue weighted by atomic mass is 9.93. The van der Waals surface area contributed by atoms with Crippen LogP contribution in [0.2, 0.25) is 0 Å². The van der Waals surface area contributed by atoms with Crippen LogP contribution in [0, 0.1) is 6.92 Å². The van der Waals surface area contributed by atoms with Crippen LogP contribution in [0.25, 0.3) is 10.9 Å². The third kappa shape index (κ3) is 2.05. The molecule has 1 aromatic heterocycles. The highest BCUT2D eigenvalue weighted by molar-refractivity contribution is 5.84. The van der Waals surface area contributed by atoms with Crippen molar-refractivity contribution in [1.82, 2.24) is 9.88 Å². The third-order valence-electron chi connectivity index (χ3n) is 4.15. The van der Waals surface area contributed by atoms with Gasteiger partial charge in [-0.1, -0.05) is 18.6 Å². The Balaban J connectivity index is 1.90. The van der Waals surface area contributed by atoms with Crippen LogP contribution >= 0.6 is 0 Å². The van der Waals surface area contributed by atoms with Crippen molar-refractivity contribution in [3.05, 3.63) is 35.5 Å². The third-order valence-corrected chi connectivity index (χ3v) is 4.15. The summed E-state index contributed by atoms with van der Waals surface area (Å²) in [6, 6.07) is 7.55. The van der Waals surface area contributed by atoms with Crippen molar-refractivity contribution < 1.29 is 0 Å². The van der Waals surface area contributed by atoms with E-state index in [0.717, 1.165) is 19.1 Å². The lowest BCUT2D eigenvalue weighted by Gasteiger charge is -2.26. The standard InChI is InChI=1S/C16H22N2/c1-3-18-11-13(10-17-14-5-4-6-14)15-8-7-12(2)9-16(15)18/h7-9,11,14,17H,3-6,10H2,1-2H3. The number of nitrogens with zero attached hydrogens (tertiary/aromatic N) is 1. The number of benzene rings is 1. The fourth-order valence-electron chi connectivity index (χ4n) is 2.75. The zero-order valence-electron chi connectivity index (χ0n) is 11.4. The van der Waals surface area contributed by atoms with Gasteiger partial charge in [0.1, 0.15) is 0 Å². The molecule has 1 saturated carbocycles. The van der Waals surface area contributed by atoms with Crippen LogP contribution in [-0.4, -0.2) is 10.6 Å². The van der Waals surface area contributed by atoms with E-state index in [0.29, 0.717) is 0 Å². The van der Waals surface area contributed by atoms with Crippen molar-refractivity contribution in [2.45, 2.75) is 52.2 Å².